The highest BCUT2D eigenvalue weighted by molar-refractivity contribution is 7.99. The Labute approximate surface area is 200 Å². The number of rotatable bonds is 11. The van der Waals surface area contributed by atoms with Crippen molar-refractivity contribution in [1.82, 2.24) is 0 Å². The third-order valence-corrected chi connectivity index (χ3v) is 8.24. The van der Waals surface area contributed by atoms with Crippen molar-refractivity contribution in [1.29, 1.82) is 0 Å². The third kappa shape index (κ3) is 5.99. The lowest BCUT2D eigenvalue weighted by molar-refractivity contribution is -0.138. The molecule has 1 aliphatic heterocycles. The van der Waals surface area contributed by atoms with E-state index >= 15 is 0 Å². The number of thioether (sulfide) groups is 1. The molecular formula is C27H34O5S. The monoisotopic (exact) mass is 470 g/mol. The molecule has 178 valence electrons. The molecule has 0 amide bonds. The molecule has 2 aromatic rings. The van der Waals surface area contributed by atoms with Gasteiger partial charge in [0.15, 0.2) is 6.29 Å². The van der Waals surface area contributed by atoms with E-state index in [9.17, 15) is 15.0 Å². The van der Waals surface area contributed by atoms with Crippen molar-refractivity contribution in [2.45, 2.75) is 63.1 Å². The van der Waals surface area contributed by atoms with Gasteiger partial charge in [0.25, 0.3) is 0 Å². The second kappa shape index (κ2) is 10.2. The standard InChI is InChI=1S/C27H34O5S/c1-26(2,30)22-11-4-3-7-19(22)10-6-16-33-24(27(12-13-27)18-23(28)29)20-8-5-9-21(17-20)25-31-14-15-32-25/h3-5,7-9,11,17,24-25,30H,6,10,12-16,18H2,1-2H3,(H,28,29). The summed E-state index contributed by atoms with van der Waals surface area (Å²) in [6.45, 7) is 4.85. The van der Waals surface area contributed by atoms with Gasteiger partial charge in [-0.3, -0.25) is 4.79 Å². The van der Waals surface area contributed by atoms with Crippen LogP contribution in [0.15, 0.2) is 48.5 Å². The Balaban J connectivity index is 1.47. The summed E-state index contributed by atoms with van der Waals surface area (Å²) >= 11 is 1.86. The van der Waals surface area contributed by atoms with Gasteiger partial charge in [0.1, 0.15) is 0 Å². The Morgan fingerprint density at radius 1 is 1.15 bits per heavy atom. The molecule has 2 aromatic carbocycles. The van der Waals surface area contributed by atoms with Crippen molar-refractivity contribution in [2.75, 3.05) is 19.0 Å². The Bertz CT molecular complexity index is 957. The molecule has 5 nitrogen and oxygen atoms in total. The van der Waals surface area contributed by atoms with Crippen LogP contribution in [0, 0.1) is 5.41 Å². The largest absolute Gasteiger partial charge is 0.481 e. The molecule has 6 heteroatoms. The van der Waals surface area contributed by atoms with E-state index in [4.69, 9.17) is 9.47 Å². The molecule has 0 radical (unpaired) electrons. The molecule has 0 bridgehead atoms. The first kappa shape index (κ1) is 24.3. The van der Waals surface area contributed by atoms with Gasteiger partial charge in [0.05, 0.1) is 25.2 Å². The molecule has 0 spiro atoms. The first-order chi connectivity index (χ1) is 15.8. The molecule has 1 atom stereocenters. The van der Waals surface area contributed by atoms with Gasteiger partial charge in [-0.25, -0.2) is 0 Å². The number of aliphatic hydroxyl groups is 1. The summed E-state index contributed by atoms with van der Waals surface area (Å²) < 4.78 is 11.4. The fourth-order valence-corrected chi connectivity index (χ4v) is 6.40. The smallest absolute Gasteiger partial charge is 0.303 e. The summed E-state index contributed by atoms with van der Waals surface area (Å²) in [6.07, 6.45) is 3.61. The van der Waals surface area contributed by atoms with Crippen LogP contribution in [0.4, 0.5) is 0 Å². The number of ether oxygens (including phenoxy) is 2. The highest BCUT2D eigenvalue weighted by Gasteiger charge is 2.51. The molecule has 2 fully saturated rings. The molecule has 1 unspecified atom stereocenters. The molecule has 33 heavy (non-hydrogen) atoms. The fraction of sp³-hybridized carbons (Fsp3) is 0.519. The van der Waals surface area contributed by atoms with Crippen molar-refractivity contribution < 1.29 is 24.5 Å². The van der Waals surface area contributed by atoms with Gasteiger partial charge in [-0.05, 0) is 73.5 Å². The van der Waals surface area contributed by atoms with Crippen LogP contribution >= 0.6 is 11.8 Å². The predicted molar refractivity (Wildman–Crippen MR) is 130 cm³/mol. The van der Waals surface area contributed by atoms with Crippen molar-refractivity contribution in [3.63, 3.8) is 0 Å². The molecule has 1 heterocycles. The van der Waals surface area contributed by atoms with E-state index in [1.54, 1.807) is 0 Å². The number of hydrogen-bond donors (Lipinski definition) is 2. The molecule has 1 aliphatic carbocycles. The quantitative estimate of drug-likeness (QED) is 0.415. The second-order valence-electron chi connectivity index (χ2n) is 9.75. The first-order valence-corrected chi connectivity index (χ1v) is 12.8. The Morgan fingerprint density at radius 3 is 2.55 bits per heavy atom. The van der Waals surface area contributed by atoms with Gasteiger partial charge in [0.2, 0.25) is 0 Å². The Hall–Kier alpha value is -1.86. The Kier molecular flexibility index (Phi) is 7.49. The lowest BCUT2D eigenvalue weighted by Crippen LogP contribution is -2.18. The molecule has 2 N–H and O–H groups in total. The summed E-state index contributed by atoms with van der Waals surface area (Å²) in [4.78, 5) is 11.6. The molecule has 1 saturated heterocycles. The Morgan fingerprint density at radius 2 is 1.88 bits per heavy atom. The summed E-state index contributed by atoms with van der Waals surface area (Å²) in [5, 5.41) is 20.2. The number of benzene rings is 2. The second-order valence-corrected chi connectivity index (χ2v) is 11.0. The average Bonchev–Trinajstić information content (AvgIpc) is 3.32. The van der Waals surface area contributed by atoms with E-state index < -0.39 is 11.6 Å². The van der Waals surface area contributed by atoms with Crippen molar-refractivity contribution >= 4 is 17.7 Å². The van der Waals surface area contributed by atoms with Crippen LogP contribution in [0.25, 0.3) is 0 Å². The van der Waals surface area contributed by atoms with Crippen LogP contribution in [0.5, 0.6) is 0 Å². The summed E-state index contributed by atoms with van der Waals surface area (Å²) in [5.41, 5.74) is 3.26. The zero-order valence-corrected chi connectivity index (χ0v) is 20.3. The number of hydrogen-bond acceptors (Lipinski definition) is 5. The van der Waals surface area contributed by atoms with Gasteiger partial charge >= 0.3 is 5.97 Å². The van der Waals surface area contributed by atoms with E-state index in [2.05, 4.69) is 18.2 Å². The van der Waals surface area contributed by atoms with Gasteiger partial charge in [0, 0.05) is 10.8 Å². The predicted octanol–water partition coefficient (Wildman–Crippen LogP) is 5.62. The summed E-state index contributed by atoms with van der Waals surface area (Å²) in [7, 11) is 0. The topological polar surface area (TPSA) is 76.0 Å². The first-order valence-electron chi connectivity index (χ1n) is 11.8. The van der Waals surface area contributed by atoms with E-state index in [1.807, 2.05) is 55.9 Å². The summed E-state index contributed by atoms with van der Waals surface area (Å²) in [6, 6.07) is 16.4. The van der Waals surface area contributed by atoms with E-state index in [-0.39, 0.29) is 23.4 Å². The number of carboxylic acid groups (broad SMARTS) is 1. The number of carboxylic acids is 1. The number of carbonyl (C=O) groups is 1. The minimum absolute atomic E-state index is 0.125. The third-order valence-electron chi connectivity index (χ3n) is 6.61. The molecule has 0 aromatic heterocycles. The molecular weight excluding hydrogens is 436 g/mol. The van der Waals surface area contributed by atoms with E-state index in [1.165, 1.54) is 5.56 Å². The van der Waals surface area contributed by atoms with Gasteiger partial charge in [-0.2, -0.15) is 11.8 Å². The fourth-order valence-electron chi connectivity index (χ4n) is 4.84. The van der Waals surface area contributed by atoms with Crippen LogP contribution in [-0.4, -0.2) is 35.1 Å². The zero-order chi connectivity index (χ0) is 23.5. The van der Waals surface area contributed by atoms with Crippen LogP contribution in [0.3, 0.4) is 0 Å². The van der Waals surface area contributed by atoms with Gasteiger partial charge in [-0.1, -0.05) is 42.5 Å². The maximum Gasteiger partial charge on any atom is 0.303 e. The highest BCUT2D eigenvalue weighted by atomic mass is 32.2. The van der Waals surface area contributed by atoms with E-state index in [0.29, 0.717) is 13.2 Å². The molecule has 1 saturated carbocycles. The van der Waals surface area contributed by atoms with Crippen molar-refractivity contribution in [2.24, 2.45) is 5.41 Å². The van der Waals surface area contributed by atoms with Crippen LogP contribution in [0.2, 0.25) is 0 Å². The lowest BCUT2D eigenvalue weighted by atomic mass is 9.91. The van der Waals surface area contributed by atoms with Gasteiger partial charge < -0.3 is 19.7 Å². The van der Waals surface area contributed by atoms with E-state index in [0.717, 1.165) is 48.1 Å². The van der Waals surface area contributed by atoms with Gasteiger partial charge in [-0.15, -0.1) is 0 Å². The van der Waals surface area contributed by atoms with Crippen LogP contribution in [-0.2, 0) is 26.3 Å². The molecule has 4 rings (SSSR count). The maximum absolute atomic E-state index is 11.6. The normalized spacial score (nSPS) is 18.9. The number of aryl methyl sites for hydroxylation is 1. The zero-order valence-electron chi connectivity index (χ0n) is 19.5. The highest BCUT2D eigenvalue weighted by Crippen LogP contribution is 2.62. The van der Waals surface area contributed by atoms with Crippen LogP contribution in [0.1, 0.15) is 73.3 Å². The van der Waals surface area contributed by atoms with Crippen LogP contribution < -0.4 is 0 Å². The minimum atomic E-state index is -0.864. The van der Waals surface area contributed by atoms with Crippen molar-refractivity contribution in [3.8, 4) is 0 Å². The maximum atomic E-state index is 11.6. The minimum Gasteiger partial charge on any atom is -0.481 e. The van der Waals surface area contributed by atoms with Crippen molar-refractivity contribution in [3.05, 3.63) is 70.8 Å². The molecule has 2 aliphatic rings. The lowest BCUT2D eigenvalue weighted by Gasteiger charge is -2.27. The number of aliphatic carboxylic acids is 1. The average molecular weight is 471 g/mol. The SMILES string of the molecule is CC(C)(O)c1ccccc1CCCSC(c1cccc(C2OCCO2)c1)C1(CC(=O)O)CC1. The summed E-state index contributed by atoms with van der Waals surface area (Å²) in [5.74, 6) is 0.197.